The molecule has 1 atom stereocenters. The molecule has 130 valence electrons. The van der Waals surface area contributed by atoms with Gasteiger partial charge in [-0.15, -0.1) is 0 Å². The van der Waals surface area contributed by atoms with E-state index in [-0.39, 0.29) is 24.5 Å². The molecule has 0 saturated carbocycles. The molecule has 1 aromatic rings. The van der Waals surface area contributed by atoms with Gasteiger partial charge in [0.2, 0.25) is 5.91 Å². The predicted octanol–water partition coefficient (Wildman–Crippen LogP) is 2.51. The third kappa shape index (κ3) is 4.57. The van der Waals surface area contributed by atoms with Crippen molar-refractivity contribution in [2.45, 2.75) is 44.6 Å². The number of carboxylic acid groups (broad SMARTS) is 1. The van der Waals surface area contributed by atoms with Gasteiger partial charge in [-0.1, -0.05) is 0 Å². The number of methoxy groups -OCH3 is 1. The molecule has 1 N–H and O–H groups in total. The number of likely N-dealkylation sites (tertiary alicyclic amines) is 1. The summed E-state index contributed by atoms with van der Waals surface area (Å²) in [5.41, 5.74) is 0.588. The zero-order chi connectivity index (χ0) is 17.5. The zero-order valence-corrected chi connectivity index (χ0v) is 13.9. The Labute approximate surface area is 141 Å². The lowest BCUT2D eigenvalue weighted by Crippen LogP contribution is -2.47. The molecule has 1 heterocycles. The number of carboxylic acids is 1. The first-order chi connectivity index (χ1) is 11.5. The molecule has 1 saturated heterocycles. The van der Waals surface area contributed by atoms with Crippen molar-refractivity contribution < 1.29 is 24.2 Å². The molecule has 0 aliphatic carbocycles. The number of aliphatic carboxylic acids is 1. The Morgan fingerprint density at radius 2 is 1.88 bits per heavy atom. The van der Waals surface area contributed by atoms with Crippen LogP contribution >= 0.6 is 0 Å². The van der Waals surface area contributed by atoms with Crippen LogP contribution in [0, 0.1) is 0 Å². The van der Waals surface area contributed by atoms with Gasteiger partial charge in [-0.2, -0.15) is 0 Å². The molecule has 6 nitrogen and oxygen atoms in total. The third-order valence-corrected chi connectivity index (χ3v) is 4.31. The molecule has 24 heavy (non-hydrogen) atoms. The van der Waals surface area contributed by atoms with E-state index in [1.807, 2.05) is 0 Å². The molecule has 1 amide bonds. The zero-order valence-electron chi connectivity index (χ0n) is 13.9. The van der Waals surface area contributed by atoms with E-state index in [0.29, 0.717) is 30.7 Å². The Bertz CT molecular complexity index is 596. The largest absolute Gasteiger partial charge is 0.497 e. The van der Waals surface area contributed by atoms with Crippen LogP contribution in [0.1, 0.15) is 48.9 Å². The molecule has 0 radical (unpaired) electrons. The maximum Gasteiger partial charge on any atom is 0.326 e. The van der Waals surface area contributed by atoms with Gasteiger partial charge in [0.05, 0.1) is 7.11 Å². The second kappa shape index (κ2) is 8.47. The van der Waals surface area contributed by atoms with Crippen LogP contribution in [0.5, 0.6) is 5.75 Å². The Morgan fingerprint density at radius 1 is 1.17 bits per heavy atom. The lowest BCUT2D eigenvalue weighted by atomic mass is 10.0. The highest BCUT2D eigenvalue weighted by Gasteiger charge is 2.31. The van der Waals surface area contributed by atoms with Crippen LogP contribution in [-0.2, 0) is 9.59 Å². The number of amides is 1. The minimum absolute atomic E-state index is 0.0288. The monoisotopic (exact) mass is 333 g/mol. The van der Waals surface area contributed by atoms with Crippen LogP contribution in [0.25, 0.3) is 0 Å². The van der Waals surface area contributed by atoms with Crippen LogP contribution < -0.4 is 4.74 Å². The fourth-order valence-electron chi connectivity index (χ4n) is 2.95. The summed E-state index contributed by atoms with van der Waals surface area (Å²) in [4.78, 5) is 37.0. The minimum Gasteiger partial charge on any atom is -0.497 e. The van der Waals surface area contributed by atoms with Gasteiger partial charge in [-0.3, -0.25) is 9.59 Å². The SMILES string of the molecule is COc1ccc(C(=O)CCCC(=O)N2CCCC[C@@H]2C(=O)O)cc1. The normalized spacial score (nSPS) is 17.4. The van der Waals surface area contributed by atoms with Gasteiger partial charge in [-0.25, -0.2) is 4.79 Å². The summed E-state index contributed by atoms with van der Waals surface area (Å²) in [5.74, 6) is -0.465. The second-order valence-corrected chi connectivity index (χ2v) is 5.94. The molecular weight excluding hydrogens is 310 g/mol. The predicted molar refractivity (Wildman–Crippen MR) is 88.2 cm³/mol. The van der Waals surface area contributed by atoms with Crippen LogP contribution in [0.4, 0.5) is 0 Å². The summed E-state index contributed by atoms with van der Waals surface area (Å²) in [6, 6.07) is 6.14. The van der Waals surface area contributed by atoms with Crippen molar-refractivity contribution in [1.29, 1.82) is 0 Å². The summed E-state index contributed by atoms with van der Waals surface area (Å²) >= 11 is 0. The maximum atomic E-state index is 12.2. The van der Waals surface area contributed by atoms with E-state index in [4.69, 9.17) is 4.74 Å². The van der Waals surface area contributed by atoms with Gasteiger partial charge >= 0.3 is 5.97 Å². The highest BCUT2D eigenvalue weighted by Crippen LogP contribution is 2.19. The Morgan fingerprint density at radius 3 is 2.50 bits per heavy atom. The topological polar surface area (TPSA) is 83.9 Å². The number of carbonyl (C=O) groups excluding carboxylic acids is 2. The number of nitrogens with zero attached hydrogens (tertiary/aromatic N) is 1. The number of benzene rings is 1. The standard InChI is InChI=1S/C18H23NO5/c1-24-14-10-8-13(9-11-14)16(20)6-4-7-17(21)19-12-3-2-5-15(19)18(22)23/h8-11,15H,2-7,12H2,1H3,(H,22,23)/t15-/m1/s1. The van der Waals surface area contributed by atoms with Gasteiger partial charge < -0.3 is 14.7 Å². The molecule has 1 fully saturated rings. The Kier molecular flexibility index (Phi) is 6.35. The van der Waals surface area contributed by atoms with E-state index in [1.54, 1.807) is 31.4 Å². The summed E-state index contributed by atoms with van der Waals surface area (Å²) in [6.45, 7) is 0.488. The number of hydrogen-bond acceptors (Lipinski definition) is 4. The average Bonchev–Trinajstić information content (AvgIpc) is 2.61. The number of carbonyl (C=O) groups is 3. The van der Waals surface area contributed by atoms with Gasteiger partial charge in [-0.05, 0) is 49.9 Å². The fraction of sp³-hybridized carbons (Fsp3) is 0.500. The van der Waals surface area contributed by atoms with Crippen molar-refractivity contribution in [3.05, 3.63) is 29.8 Å². The number of ether oxygens (including phenoxy) is 1. The molecule has 0 unspecified atom stereocenters. The Hall–Kier alpha value is -2.37. The van der Waals surface area contributed by atoms with E-state index >= 15 is 0 Å². The van der Waals surface area contributed by atoms with Crippen molar-refractivity contribution in [2.75, 3.05) is 13.7 Å². The van der Waals surface area contributed by atoms with Crippen molar-refractivity contribution >= 4 is 17.7 Å². The molecule has 1 aliphatic heterocycles. The van der Waals surface area contributed by atoms with Crippen LogP contribution in [0.2, 0.25) is 0 Å². The van der Waals surface area contributed by atoms with Crippen molar-refractivity contribution in [3.8, 4) is 5.75 Å². The Balaban J connectivity index is 1.82. The fourth-order valence-corrected chi connectivity index (χ4v) is 2.95. The van der Waals surface area contributed by atoms with Crippen LogP contribution in [-0.4, -0.2) is 47.4 Å². The first-order valence-corrected chi connectivity index (χ1v) is 8.22. The molecule has 0 aromatic heterocycles. The first kappa shape index (κ1) is 18.0. The summed E-state index contributed by atoms with van der Waals surface area (Å²) in [7, 11) is 1.56. The van der Waals surface area contributed by atoms with E-state index in [9.17, 15) is 19.5 Å². The quantitative estimate of drug-likeness (QED) is 0.775. The van der Waals surface area contributed by atoms with Crippen molar-refractivity contribution in [2.24, 2.45) is 0 Å². The number of Topliss-reactive ketones (excluding diaryl/α,β-unsaturated/α-hetero) is 1. The molecule has 1 aliphatic rings. The molecule has 0 bridgehead atoms. The summed E-state index contributed by atoms with van der Waals surface area (Å²) in [6.07, 6.45) is 3.06. The number of rotatable bonds is 7. The number of ketones is 1. The average molecular weight is 333 g/mol. The van der Waals surface area contributed by atoms with E-state index in [2.05, 4.69) is 0 Å². The smallest absolute Gasteiger partial charge is 0.326 e. The molecular formula is C18H23NO5. The lowest BCUT2D eigenvalue weighted by molar-refractivity contribution is -0.152. The summed E-state index contributed by atoms with van der Waals surface area (Å²) < 4.78 is 5.05. The van der Waals surface area contributed by atoms with Gasteiger partial charge in [0.1, 0.15) is 11.8 Å². The number of piperidine rings is 1. The third-order valence-electron chi connectivity index (χ3n) is 4.31. The second-order valence-electron chi connectivity index (χ2n) is 5.94. The number of hydrogen-bond donors (Lipinski definition) is 1. The molecule has 2 rings (SSSR count). The van der Waals surface area contributed by atoms with Gasteiger partial charge in [0.15, 0.2) is 5.78 Å². The highest BCUT2D eigenvalue weighted by molar-refractivity contribution is 5.96. The highest BCUT2D eigenvalue weighted by atomic mass is 16.5. The van der Waals surface area contributed by atoms with Crippen molar-refractivity contribution in [1.82, 2.24) is 4.90 Å². The van der Waals surface area contributed by atoms with E-state index in [1.165, 1.54) is 4.90 Å². The van der Waals surface area contributed by atoms with Crippen molar-refractivity contribution in [3.63, 3.8) is 0 Å². The lowest BCUT2D eigenvalue weighted by Gasteiger charge is -2.33. The first-order valence-electron chi connectivity index (χ1n) is 8.22. The molecule has 0 spiro atoms. The molecule has 6 heteroatoms. The summed E-state index contributed by atoms with van der Waals surface area (Å²) in [5, 5.41) is 9.20. The van der Waals surface area contributed by atoms with Gasteiger partial charge in [0, 0.05) is 24.9 Å². The van der Waals surface area contributed by atoms with E-state index < -0.39 is 12.0 Å². The van der Waals surface area contributed by atoms with Crippen LogP contribution in [0.3, 0.4) is 0 Å². The van der Waals surface area contributed by atoms with Crippen LogP contribution in [0.15, 0.2) is 24.3 Å². The maximum absolute atomic E-state index is 12.2. The molecule has 1 aromatic carbocycles. The minimum atomic E-state index is -0.947. The van der Waals surface area contributed by atoms with E-state index in [0.717, 1.165) is 12.8 Å². The van der Waals surface area contributed by atoms with Gasteiger partial charge in [0.25, 0.3) is 0 Å².